The van der Waals surface area contributed by atoms with Gasteiger partial charge in [-0.1, -0.05) is 78.9 Å². The molecule has 0 amide bonds. The van der Waals surface area contributed by atoms with Gasteiger partial charge in [0.1, 0.15) is 11.2 Å². The molecule has 10 aromatic rings. The van der Waals surface area contributed by atoms with E-state index < -0.39 is 0 Å². The standard InChI is InChI=1S/C40H23NOS2/c1-2-9-27-24(8-1)16-19-31-39-33(12-7-15-38(39)44-40(27)31)41(25-18-21-37-32(22-25)30-11-4-6-14-36(30)43-37)26-17-20-29-28-10-3-5-13-34(28)42-35(29)23-26/h1-23H. The number of furan rings is 1. The third-order valence-electron chi connectivity index (χ3n) is 8.85. The lowest BCUT2D eigenvalue weighted by atomic mass is 10.0. The molecule has 2 nitrogen and oxygen atoms in total. The topological polar surface area (TPSA) is 16.4 Å². The molecule has 3 heterocycles. The van der Waals surface area contributed by atoms with E-state index in [-0.39, 0.29) is 0 Å². The van der Waals surface area contributed by atoms with E-state index in [1.54, 1.807) is 0 Å². The Morgan fingerprint density at radius 1 is 0.432 bits per heavy atom. The quantitative estimate of drug-likeness (QED) is 0.201. The molecule has 0 spiro atoms. The van der Waals surface area contributed by atoms with E-state index in [9.17, 15) is 0 Å². The van der Waals surface area contributed by atoms with Crippen molar-refractivity contribution in [2.45, 2.75) is 0 Å². The van der Waals surface area contributed by atoms with E-state index in [4.69, 9.17) is 4.42 Å². The lowest BCUT2D eigenvalue weighted by Crippen LogP contribution is -2.10. The maximum Gasteiger partial charge on any atom is 0.137 e. The first-order valence-electron chi connectivity index (χ1n) is 14.8. The number of hydrogen-bond acceptors (Lipinski definition) is 4. The van der Waals surface area contributed by atoms with Crippen molar-refractivity contribution in [1.82, 2.24) is 0 Å². The van der Waals surface area contributed by atoms with Crippen molar-refractivity contribution in [3.05, 3.63) is 140 Å². The van der Waals surface area contributed by atoms with Crippen LogP contribution >= 0.6 is 22.7 Å². The minimum absolute atomic E-state index is 0.893. The summed E-state index contributed by atoms with van der Waals surface area (Å²) in [6.07, 6.45) is 0. The molecule has 0 atom stereocenters. The smallest absolute Gasteiger partial charge is 0.137 e. The fraction of sp³-hybridized carbons (Fsp3) is 0. The average molecular weight is 598 g/mol. The van der Waals surface area contributed by atoms with E-state index in [1.807, 2.05) is 34.8 Å². The number of hydrogen-bond donors (Lipinski definition) is 0. The monoisotopic (exact) mass is 597 g/mol. The van der Waals surface area contributed by atoms with Crippen molar-refractivity contribution in [3.63, 3.8) is 0 Å². The van der Waals surface area contributed by atoms with Gasteiger partial charge in [0.15, 0.2) is 0 Å². The van der Waals surface area contributed by atoms with Gasteiger partial charge in [-0.25, -0.2) is 0 Å². The summed E-state index contributed by atoms with van der Waals surface area (Å²) >= 11 is 3.73. The van der Waals surface area contributed by atoms with Crippen LogP contribution in [0.2, 0.25) is 0 Å². The van der Waals surface area contributed by atoms with Gasteiger partial charge >= 0.3 is 0 Å². The highest BCUT2D eigenvalue weighted by atomic mass is 32.1. The van der Waals surface area contributed by atoms with Crippen LogP contribution in [-0.2, 0) is 0 Å². The summed E-state index contributed by atoms with van der Waals surface area (Å²) in [6, 6.07) is 50.6. The maximum absolute atomic E-state index is 6.40. The summed E-state index contributed by atoms with van der Waals surface area (Å²) in [5.41, 5.74) is 5.17. The first kappa shape index (κ1) is 24.3. The first-order valence-corrected chi connectivity index (χ1v) is 16.4. The third-order valence-corrected chi connectivity index (χ3v) is 11.2. The summed E-state index contributed by atoms with van der Waals surface area (Å²) in [5, 5.41) is 10.0. The van der Waals surface area contributed by atoms with Gasteiger partial charge in [0.05, 0.1) is 5.69 Å². The van der Waals surface area contributed by atoms with Crippen LogP contribution in [-0.4, -0.2) is 0 Å². The van der Waals surface area contributed by atoms with Gasteiger partial charge in [0.2, 0.25) is 0 Å². The van der Waals surface area contributed by atoms with Gasteiger partial charge in [-0.2, -0.15) is 0 Å². The molecule has 0 radical (unpaired) electrons. The second-order valence-corrected chi connectivity index (χ2v) is 13.4. The molecular weight excluding hydrogens is 575 g/mol. The molecule has 10 rings (SSSR count). The van der Waals surface area contributed by atoms with Crippen molar-refractivity contribution in [3.8, 4) is 0 Å². The molecule has 3 aromatic heterocycles. The molecule has 0 aliphatic heterocycles. The Morgan fingerprint density at radius 2 is 1.14 bits per heavy atom. The van der Waals surface area contributed by atoms with Crippen LogP contribution in [0.5, 0.6) is 0 Å². The highest BCUT2D eigenvalue weighted by Crippen LogP contribution is 2.48. The van der Waals surface area contributed by atoms with Crippen molar-refractivity contribution in [2.75, 3.05) is 4.90 Å². The Kier molecular flexibility index (Phi) is 5.06. The van der Waals surface area contributed by atoms with Gasteiger partial charge in [-0.3, -0.25) is 0 Å². The zero-order valence-electron chi connectivity index (χ0n) is 23.5. The Bertz CT molecular complexity index is 2750. The molecule has 0 bridgehead atoms. The van der Waals surface area contributed by atoms with Crippen LogP contribution in [0.25, 0.3) is 73.1 Å². The molecule has 0 aliphatic carbocycles. The van der Waals surface area contributed by atoms with Gasteiger partial charge in [-0.15, -0.1) is 22.7 Å². The molecule has 0 unspecified atom stereocenters. The van der Waals surface area contributed by atoms with Gasteiger partial charge in [0.25, 0.3) is 0 Å². The normalized spacial score (nSPS) is 12.1. The lowest BCUT2D eigenvalue weighted by molar-refractivity contribution is 0.669. The summed E-state index contributed by atoms with van der Waals surface area (Å²) < 4.78 is 11.6. The number of rotatable bonds is 3. The highest BCUT2D eigenvalue weighted by Gasteiger charge is 2.21. The van der Waals surface area contributed by atoms with Gasteiger partial charge < -0.3 is 9.32 Å². The summed E-state index contributed by atoms with van der Waals surface area (Å²) in [5.74, 6) is 0. The lowest BCUT2D eigenvalue weighted by Gasteiger charge is -2.26. The van der Waals surface area contributed by atoms with E-state index in [1.165, 1.54) is 56.8 Å². The number of para-hydroxylation sites is 1. The maximum atomic E-state index is 6.40. The fourth-order valence-corrected chi connectivity index (χ4v) is 9.20. The van der Waals surface area contributed by atoms with Crippen molar-refractivity contribution >= 4 is 113 Å². The molecule has 7 aromatic carbocycles. The number of fused-ring (bicyclic) bond motifs is 11. The van der Waals surface area contributed by atoms with Crippen molar-refractivity contribution < 1.29 is 4.42 Å². The van der Waals surface area contributed by atoms with Crippen LogP contribution in [0.15, 0.2) is 144 Å². The Morgan fingerprint density at radius 3 is 2.09 bits per heavy atom. The molecule has 0 saturated carbocycles. The second-order valence-electron chi connectivity index (χ2n) is 11.3. The first-order chi connectivity index (χ1) is 21.8. The van der Waals surface area contributed by atoms with Crippen molar-refractivity contribution in [2.24, 2.45) is 0 Å². The van der Waals surface area contributed by atoms with Crippen molar-refractivity contribution in [1.29, 1.82) is 0 Å². The average Bonchev–Trinajstić information content (AvgIpc) is 3.76. The molecule has 44 heavy (non-hydrogen) atoms. The zero-order chi connectivity index (χ0) is 28.8. The third kappa shape index (κ3) is 3.47. The SMILES string of the molecule is c1ccc2c(c1)ccc1c2sc2cccc(N(c3ccc4c(c3)oc3ccccc34)c3ccc4sc5ccccc5c4c3)c21. The molecule has 0 N–H and O–H groups in total. The van der Waals surface area contributed by atoms with E-state index in [2.05, 4.69) is 132 Å². The Balaban J connectivity index is 1.29. The summed E-state index contributed by atoms with van der Waals surface area (Å²) in [6.45, 7) is 0. The largest absolute Gasteiger partial charge is 0.456 e. The zero-order valence-corrected chi connectivity index (χ0v) is 25.1. The van der Waals surface area contributed by atoms with Crippen LogP contribution in [0, 0.1) is 0 Å². The summed E-state index contributed by atoms with van der Waals surface area (Å²) in [4.78, 5) is 2.42. The minimum atomic E-state index is 0.893. The molecule has 4 heteroatoms. The number of nitrogens with zero attached hydrogens (tertiary/aromatic N) is 1. The predicted molar refractivity (Wildman–Crippen MR) is 192 cm³/mol. The van der Waals surface area contributed by atoms with Crippen LogP contribution in [0.1, 0.15) is 0 Å². The van der Waals surface area contributed by atoms with Crippen LogP contribution in [0.4, 0.5) is 17.1 Å². The molecule has 0 saturated heterocycles. The highest BCUT2D eigenvalue weighted by molar-refractivity contribution is 7.27. The van der Waals surface area contributed by atoms with Crippen LogP contribution in [0.3, 0.4) is 0 Å². The van der Waals surface area contributed by atoms with E-state index >= 15 is 0 Å². The van der Waals surface area contributed by atoms with Crippen LogP contribution < -0.4 is 4.90 Å². The molecule has 0 fully saturated rings. The van der Waals surface area contributed by atoms with Gasteiger partial charge in [0, 0.05) is 68.6 Å². The predicted octanol–water partition coefficient (Wildman–Crippen LogP) is 12.9. The number of benzene rings is 7. The van der Waals surface area contributed by atoms with E-state index in [0.29, 0.717) is 0 Å². The number of anilines is 3. The molecule has 206 valence electrons. The molecular formula is C40H23NOS2. The Hall–Kier alpha value is -5.16. The molecule has 0 aliphatic rings. The summed E-state index contributed by atoms with van der Waals surface area (Å²) in [7, 11) is 0. The van der Waals surface area contributed by atoms with E-state index in [0.717, 1.165) is 33.3 Å². The number of thiophene rings is 2. The minimum Gasteiger partial charge on any atom is -0.456 e. The fourth-order valence-electron chi connectivity index (χ4n) is 6.86. The Labute approximate surface area is 260 Å². The van der Waals surface area contributed by atoms with Gasteiger partial charge in [-0.05, 0) is 65.4 Å². The second kappa shape index (κ2) is 9.17.